The second-order valence-corrected chi connectivity index (χ2v) is 4.29. The highest BCUT2D eigenvalue weighted by Gasteiger charge is 2.10. The zero-order valence-corrected chi connectivity index (χ0v) is 10.7. The second-order valence-electron chi connectivity index (χ2n) is 4.29. The second kappa shape index (κ2) is 5.60. The number of nitrogens with two attached hydrogens (primary N) is 1. The minimum atomic E-state index is 0.0694. The monoisotopic (exact) mass is 242 g/mol. The van der Waals surface area contributed by atoms with Crippen molar-refractivity contribution in [2.24, 2.45) is 5.73 Å². The van der Waals surface area contributed by atoms with E-state index in [1.807, 2.05) is 38.1 Å². The Kier molecular flexibility index (Phi) is 3.89. The van der Waals surface area contributed by atoms with Crippen LogP contribution in [0.2, 0.25) is 0 Å². The van der Waals surface area contributed by atoms with Gasteiger partial charge in [-0.25, -0.2) is 9.97 Å². The zero-order valence-electron chi connectivity index (χ0n) is 10.7. The van der Waals surface area contributed by atoms with Crippen LogP contribution in [0.15, 0.2) is 36.4 Å². The Morgan fingerprint density at radius 1 is 1.17 bits per heavy atom. The number of hydrogen-bond acceptors (Lipinski definition) is 4. The summed E-state index contributed by atoms with van der Waals surface area (Å²) >= 11 is 0. The average Bonchev–Trinajstić information content (AvgIpc) is 2.36. The van der Waals surface area contributed by atoms with Crippen molar-refractivity contribution >= 4 is 5.82 Å². The fraction of sp³-hybridized carbons (Fsp3) is 0.286. The first-order chi connectivity index (χ1) is 8.69. The molecule has 0 amide bonds. The van der Waals surface area contributed by atoms with E-state index < -0.39 is 0 Å². The standard InChI is InChI=1S/C14H18N4/c1-10-8-14(17-11(2)16-10)18-13(9-15)12-6-4-3-5-7-12/h3-8,13H,9,15H2,1-2H3,(H,16,17,18). The number of nitrogens with one attached hydrogen (secondary N) is 1. The van der Waals surface area contributed by atoms with E-state index in [-0.39, 0.29) is 6.04 Å². The van der Waals surface area contributed by atoms with Gasteiger partial charge in [-0.2, -0.15) is 0 Å². The molecule has 4 nitrogen and oxygen atoms in total. The molecule has 0 bridgehead atoms. The largest absolute Gasteiger partial charge is 0.362 e. The van der Waals surface area contributed by atoms with E-state index in [1.54, 1.807) is 0 Å². The van der Waals surface area contributed by atoms with Crippen LogP contribution >= 0.6 is 0 Å². The van der Waals surface area contributed by atoms with E-state index in [0.717, 1.165) is 22.9 Å². The highest BCUT2D eigenvalue weighted by Crippen LogP contribution is 2.17. The fourth-order valence-corrected chi connectivity index (χ4v) is 1.93. The van der Waals surface area contributed by atoms with Crippen molar-refractivity contribution in [1.82, 2.24) is 9.97 Å². The topological polar surface area (TPSA) is 63.8 Å². The van der Waals surface area contributed by atoms with Crippen LogP contribution in [0.1, 0.15) is 23.1 Å². The molecular weight excluding hydrogens is 224 g/mol. The molecule has 0 radical (unpaired) electrons. The number of aryl methyl sites for hydroxylation is 2. The van der Waals surface area contributed by atoms with Crippen LogP contribution in [0, 0.1) is 13.8 Å². The molecule has 18 heavy (non-hydrogen) atoms. The van der Waals surface area contributed by atoms with E-state index in [9.17, 15) is 0 Å². The Morgan fingerprint density at radius 3 is 2.50 bits per heavy atom. The lowest BCUT2D eigenvalue weighted by molar-refractivity contribution is 0.780. The summed E-state index contributed by atoms with van der Waals surface area (Å²) in [6, 6.07) is 12.1. The van der Waals surface area contributed by atoms with Crippen molar-refractivity contribution < 1.29 is 0 Å². The van der Waals surface area contributed by atoms with Gasteiger partial charge in [-0.15, -0.1) is 0 Å². The van der Waals surface area contributed by atoms with Gasteiger partial charge in [0.15, 0.2) is 0 Å². The van der Waals surface area contributed by atoms with Gasteiger partial charge < -0.3 is 11.1 Å². The van der Waals surface area contributed by atoms with Gasteiger partial charge in [0.1, 0.15) is 11.6 Å². The van der Waals surface area contributed by atoms with E-state index in [4.69, 9.17) is 5.73 Å². The van der Waals surface area contributed by atoms with Crippen molar-refractivity contribution in [3.05, 3.63) is 53.5 Å². The Balaban J connectivity index is 2.20. The summed E-state index contributed by atoms with van der Waals surface area (Å²) in [5.41, 5.74) is 7.94. The van der Waals surface area contributed by atoms with Crippen molar-refractivity contribution in [3.8, 4) is 0 Å². The van der Waals surface area contributed by atoms with Crippen LogP contribution in [-0.2, 0) is 0 Å². The molecular formula is C14H18N4. The van der Waals surface area contributed by atoms with E-state index in [0.29, 0.717) is 6.54 Å². The molecule has 4 heteroatoms. The Morgan fingerprint density at radius 2 is 1.89 bits per heavy atom. The number of hydrogen-bond donors (Lipinski definition) is 2. The summed E-state index contributed by atoms with van der Waals surface area (Å²) in [7, 11) is 0. The summed E-state index contributed by atoms with van der Waals surface area (Å²) in [5, 5.41) is 3.35. The Hall–Kier alpha value is -1.94. The fourth-order valence-electron chi connectivity index (χ4n) is 1.93. The van der Waals surface area contributed by atoms with Gasteiger partial charge >= 0.3 is 0 Å². The molecule has 1 heterocycles. The molecule has 0 spiro atoms. The molecule has 1 aromatic carbocycles. The smallest absolute Gasteiger partial charge is 0.130 e. The van der Waals surface area contributed by atoms with Crippen molar-refractivity contribution in [2.45, 2.75) is 19.9 Å². The molecule has 1 atom stereocenters. The lowest BCUT2D eigenvalue weighted by Crippen LogP contribution is -2.21. The summed E-state index contributed by atoms with van der Waals surface area (Å²) in [4.78, 5) is 8.63. The number of aromatic nitrogens is 2. The molecule has 0 aliphatic carbocycles. The summed E-state index contributed by atoms with van der Waals surface area (Å²) in [5.74, 6) is 1.58. The third-order valence-electron chi connectivity index (χ3n) is 2.73. The minimum absolute atomic E-state index is 0.0694. The third-order valence-corrected chi connectivity index (χ3v) is 2.73. The molecule has 0 saturated carbocycles. The van der Waals surface area contributed by atoms with Gasteiger partial charge in [0.2, 0.25) is 0 Å². The Labute approximate surface area is 107 Å². The third kappa shape index (κ3) is 3.05. The molecule has 2 rings (SSSR count). The Bertz CT molecular complexity index is 490. The SMILES string of the molecule is Cc1cc(NC(CN)c2ccccc2)nc(C)n1. The van der Waals surface area contributed by atoms with E-state index >= 15 is 0 Å². The first-order valence-electron chi connectivity index (χ1n) is 6.03. The molecule has 0 aliphatic rings. The number of rotatable bonds is 4. The summed E-state index contributed by atoms with van der Waals surface area (Å²) < 4.78 is 0. The lowest BCUT2D eigenvalue weighted by atomic mass is 10.1. The van der Waals surface area contributed by atoms with Crippen molar-refractivity contribution in [3.63, 3.8) is 0 Å². The van der Waals surface area contributed by atoms with Crippen LogP contribution in [0.4, 0.5) is 5.82 Å². The van der Waals surface area contributed by atoms with Crippen LogP contribution in [0.3, 0.4) is 0 Å². The van der Waals surface area contributed by atoms with E-state index in [2.05, 4.69) is 27.4 Å². The van der Waals surface area contributed by atoms with Gasteiger partial charge in [0.05, 0.1) is 6.04 Å². The van der Waals surface area contributed by atoms with Crippen molar-refractivity contribution in [2.75, 3.05) is 11.9 Å². The van der Waals surface area contributed by atoms with Crippen molar-refractivity contribution in [1.29, 1.82) is 0 Å². The molecule has 0 saturated heterocycles. The zero-order chi connectivity index (χ0) is 13.0. The van der Waals surface area contributed by atoms with Gasteiger partial charge in [-0.05, 0) is 19.4 Å². The van der Waals surface area contributed by atoms with Gasteiger partial charge in [-0.3, -0.25) is 0 Å². The average molecular weight is 242 g/mol. The normalized spacial score (nSPS) is 12.2. The maximum atomic E-state index is 5.82. The van der Waals surface area contributed by atoms with Crippen LogP contribution in [-0.4, -0.2) is 16.5 Å². The first kappa shape index (κ1) is 12.5. The van der Waals surface area contributed by atoms with Crippen LogP contribution in [0.5, 0.6) is 0 Å². The highest BCUT2D eigenvalue weighted by molar-refractivity contribution is 5.39. The predicted octanol–water partition coefficient (Wildman–Crippen LogP) is 2.21. The maximum absolute atomic E-state index is 5.82. The van der Waals surface area contributed by atoms with Gasteiger partial charge in [0.25, 0.3) is 0 Å². The van der Waals surface area contributed by atoms with Gasteiger partial charge in [-0.1, -0.05) is 30.3 Å². The van der Waals surface area contributed by atoms with Crippen LogP contribution in [0.25, 0.3) is 0 Å². The molecule has 1 aromatic heterocycles. The number of anilines is 1. The summed E-state index contributed by atoms with van der Waals surface area (Å²) in [6.07, 6.45) is 0. The molecule has 3 N–H and O–H groups in total. The van der Waals surface area contributed by atoms with E-state index in [1.165, 1.54) is 0 Å². The quantitative estimate of drug-likeness (QED) is 0.862. The highest BCUT2D eigenvalue weighted by atomic mass is 15.1. The van der Waals surface area contributed by atoms with Crippen LogP contribution < -0.4 is 11.1 Å². The maximum Gasteiger partial charge on any atom is 0.130 e. The first-order valence-corrected chi connectivity index (χ1v) is 6.03. The number of nitrogens with zero attached hydrogens (tertiary/aromatic N) is 2. The number of benzene rings is 1. The lowest BCUT2D eigenvalue weighted by Gasteiger charge is -2.18. The molecule has 0 aliphatic heterocycles. The predicted molar refractivity (Wildman–Crippen MR) is 73.4 cm³/mol. The van der Waals surface area contributed by atoms with Gasteiger partial charge in [0, 0.05) is 18.3 Å². The molecule has 2 aromatic rings. The summed E-state index contributed by atoms with van der Waals surface area (Å²) in [6.45, 7) is 4.37. The molecule has 1 unspecified atom stereocenters. The molecule has 0 fully saturated rings. The minimum Gasteiger partial charge on any atom is -0.362 e. The molecule has 94 valence electrons.